The Kier molecular flexibility index (Phi) is 6.05. The summed E-state index contributed by atoms with van der Waals surface area (Å²) in [5.74, 6) is 0.767. The monoisotopic (exact) mass is 208 g/mol. The van der Waals surface area contributed by atoms with Crippen LogP contribution in [0.2, 0.25) is 0 Å². The second-order valence-electron chi connectivity index (χ2n) is 2.74. The molecule has 0 aliphatic rings. The summed E-state index contributed by atoms with van der Waals surface area (Å²) in [7, 11) is 0. The topological polar surface area (TPSA) is 9.23 Å². The molecule has 60 valence electrons. The van der Waals surface area contributed by atoms with Crippen molar-refractivity contribution in [1.82, 2.24) is 0 Å². The van der Waals surface area contributed by atoms with Crippen LogP contribution in [0.1, 0.15) is 33.6 Å². The van der Waals surface area contributed by atoms with Crippen molar-refractivity contribution in [2.45, 2.75) is 33.6 Å². The molecule has 0 aromatic rings. The number of rotatable bonds is 5. The Morgan fingerprint density at radius 2 is 2.10 bits per heavy atom. The number of ether oxygens (including phenoxy) is 1. The van der Waals surface area contributed by atoms with Crippen molar-refractivity contribution in [3.63, 3.8) is 0 Å². The van der Waals surface area contributed by atoms with E-state index in [2.05, 4.69) is 29.4 Å². The van der Waals surface area contributed by atoms with Crippen molar-refractivity contribution in [3.8, 4) is 0 Å². The third-order valence-corrected chi connectivity index (χ3v) is 1.91. The summed E-state index contributed by atoms with van der Waals surface area (Å²) in [6, 6.07) is 0. The van der Waals surface area contributed by atoms with E-state index in [0.29, 0.717) is 0 Å². The SMILES string of the molecule is CCOC(=[Se])CCC(C)C. The summed E-state index contributed by atoms with van der Waals surface area (Å²) in [4.78, 5) is 0. The first-order chi connectivity index (χ1) is 4.66. The molecular formula is C8H16OSe. The Balaban J connectivity index is 3.22. The van der Waals surface area contributed by atoms with E-state index >= 15 is 0 Å². The molecule has 0 saturated carbocycles. The first kappa shape index (κ1) is 10.2. The summed E-state index contributed by atoms with van der Waals surface area (Å²) in [6.07, 6.45) is 2.27. The summed E-state index contributed by atoms with van der Waals surface area (Å²) in [6.45, 7) is 7.23. The van der Waals surface area contributed by atoms with Gasteiger partial charge in [-0.1, -0.05) is 0 Å². The predicted molar refractivity (Wildman–Crippen MR) is 46.5 cm³/mol. The van der Waals surface area contributed by atoms with Gasteiger partial charge in [0.15, 0.2) is 0 Å². The molecule has 0 aromatic carbocycles. The van der Waals surface area contributed by atoms with E-state index in [1.165, 1.54) is 6.42 Å². The van der Waals surface area contributed by atoms with Crippen LogP contribution in [0.15, 0.2) is 0 Å². The second kappa shape index (κ2) is 5.94. The fourth-order valence-corrected chi connectivity index (χ4v) is 1.13. The third-order valence-electron chi connectivity index (χ3n) is 1.23. The van der Waals surface area contributed by atoms with E-state index in [4.69, 9.17) is 4.74 Å². The van der Waals surface area contributed by atoms with E-state index in [-0.39, 0.29) is 0 Å². The van der Waals surface area contributed by atoms with Gasteiger partial charge in [0, 0.05) is 0 Å². The van der Waals surface area contributed by atoms with Gasteiger partial charge in [0.2, 0.25) is 0 Å². The Bertz CT molecular complexity index is 99.4. The molecule has 0 aliphatic carbocycles. The Morgan fingerprint density at radius 1 is 1.50 bits per heavy atom. The van der Waals surface area contributed by atoms with Crippen LogP contribution in [0.3, 0.4) is 0 Å². The average Bonchev–Trinajstić information content (AvgIpc) is 1.85. The molecule has 0 aromatic heterocycles. The average molecular weight is 207 g/mol. The molecule has 0 amide bonds. The van der Waals surface area contributed by atoms with Crippen molar-refractivity contribution < 1.29 is 4.74 Å². The zero-order valence-electron chi connectivity index (χ0n) is 7.02. The molecule has 0 rings (SSSR count). The van der Waals surface area contributed by atoms with Crippen molar-refractivity contribution in [3.05, 3.63) is 0 Å². The van der Waals surface area contributed by atoms with Gasteiger partial charge in [0.25, 0.3) is 0 Å². The maximum absolute atomic E-state index is 5.25. The van der Waals surface area contributed by atoms with Gasteiger partial charge < -0.3 is 0 Å². The van der Waals surface area contributed by atoms with Gasteiger partial charge >= 0.3 is 71.1 Å². The molecule has 0 fully saturated rings. The van der Waals surface area contributed by atoms with Gasteiger partial charge in [-0.15, -0.1) is 0 Å². The van der Waals surface area contributed by atoms with Crippen LogP contribution in [0.25, 0.3) is 0 Å². The van der Waals surface area contributed by atoms with E-state index in [1.54, 1.807) is 0 Å². The van der Waals surface area contributed by atoms with Crippen molar-refractivity contribution in [1.29, 1.82) is 0 Å². The van der Waals surface area contributed by atoms with E-state index in [0.717, 1.165) is 23.5 Å². The molecule has 0 atom stereocenters. The Labute approximate surface area is 71.5 Å². The summed E-state index contributed by atoms with van der Waals surface area (Å²) >= 11 is 2.93. The van der Waals surface area contributed by atoms with Crippen molar-refractivity contribution in [2.75, 3.05) is 6.61 Å². The van der Waals surface area contributed by atoms with Crippen LogP contribution < -0.4 is 0 Å². The molecule has 0 unspecified atom stereocenters. The van der Waals surface area contributed by atoms with Crippen LogP contribution in [0.4, 0.5) is 0 Å². The molecule has 0 aliphatic heterocycles. The Morgan fingerprint density at radius 3 is 2.50 bits per heavy atom. The first-order valence-corrected chi connectivity index (χ1v) is 4.68. The Hall–Kier alpha value is 0.189. The van der Waals surface area contributed by atoms with Gasteiger partial charge in [0.1, 0.15) is 0 Å². The van der Waals surface area contributed by atoms with Crippen LogP contribution >= 0.6 is 0 Å². The normalized spacial score (nSPS) is 10.0. The molecule has 2 heteroatoms. The molecular weight excluding hydrogens is 191 g/mol. The van der Waals surface area contributed by atoms with E-state index < -0.39 is 0 Å². The van der Waals surface area contributed by atoms with Crippen LogP contribution in [0, 0.1) is 5.92 Å². The fourth-order valence-electron chi connectivity index (χ4n) is 0.640. The van der Waals surface area contributed by atoms with E-state index in [9.17, 15) is 0 Å². The number of hydrogen-bond acceptors (Lipinski definition) is 1. The van der Waals surface area contributed by atoms with Crippen LogP contribution in [-0.2, 0) is 4.74 Å². The minimum absolute atomic E-state index is 0.767. The maximum atomic E-state index is 5.25. The molecule has 0 saturated heterocycles. The van der Waals surface area contributed by atoms with E-state index in [1.807, 2.05) is 6.92 Å². The quantitative estimate of drug-likeness (QED) is 0.624. The molecule has 0 spiro atoms. The predicted octanol–water partition coefficient (Wildman–Crippen LogP) is 1.76. The molecule has 0 heterocycles. The standard InChI is InChI=1S/C8H16OSe/c1-4-9-8(10)6-5-7(2)3/h7H,4-6H2,1-3H3. The third kappa shape index (κ3) is 6.31. The zero-order valence-corrected chi connectivity index (χ0v) is 8.73. The summed E-state index contributed by atoms with van der Waals surface area (Å²) in [5.41, 5.74) is 0. The van der Waals surface area contributed by atoms with Crippen molar-refractivity contribution in [2.24, 2.45) is 5.92 Å². The fraction of sp³-hybridized carbons (Fsp3) is 0.875. The second-order valence-corrected chi connectivity index (χ2v) is 3.69. The van der Waals surface area contributed by atoms with Gasteiger partial charge in [-0.25, -0.2) is 0 Å². The zero-order chi connectivity index (χ0) is 7.98. The van der Waals surface area contributed by atoms with Gasteiger partial charge in [-0.05, 0) is 0 Å². The van der Waals surface area contributed by atoms with Gasteiger partial charge in [-0.2, -0.15) is 0 Å². The van der Waals surface area contributed by atoms with Crippen LogP contribution in [0.5, 0.6) is 0 Å². The van der Waals surface area contributed by atoms with Crippen LogP contribution in [-0.4, -0.2) is 26.8 Å². The molecule has 0 N–H and O–H groups in total. The molecule has 0 radical (unpaired) electrons. The first-order valence-electron chi connectivity index (χ1n) is 3.82. The van der Waals surface area contributed by atoms with Gasteiger partial charge in [-0.3, -0.25) is 0 Å². The molecule has 10 heavy (non-hydrogen) atoms. The number of hydrogen-bond donors (Lipinski definition) is 0. The summed E-state index contributed by atoms with van der Waals surface area (Å²) in [5, 5.41) is 0. The molecule has 0 bridgehead atoms. The molecule has 1 nitrogen and oxygen atoms in total. The van der Waals surface area contributed by atoms with Gasteiger partial charge in [0.05, 0.1) is 0 Å². The summed E-state index contributed by atoms with van der Waals surface area (Å²) < 4.78 is 6.31. The van der Waals surface area contributed by atoms with Crippen molar-refractivity contribution >= 4 is 20.2 Å². The minimum atomic E-state index is 0.767.